The topological polar surface area (TPSA) is 18.5 Å². The molecular weight excluding hydrogens is 260 g/mol. The first kappa shape index (κ1) is 13.5. The van der Waals surface area contributed by atoms with E-state index < -0.39 is 0 Å². The first-order chi connectivity index (χ1) is 9.22. The summed E-state index contributed by atoms with van der Waals surface area (Å²) in [5.41, 5.74) is 1.99. The van der Waals surface area contributed by atoms with Gasteiger partial charge < -0.3 is 9.47 Å². The van der Waals surface area contributed by atoms with Crippen LogP contribution in [0.5, 0.6) is 11.5 Å². The smallest absolute Gasteiger partial charge is 0.118 e. The van der Waals surface area contributed by atoms with Gasteiger partial charge in [0.25, 0.3) is 0 Å². The van der Waals surface area contributed by atoms with Gasteiger partial charge in [-0.1, -0.05) is 23.7 Å². The summed E-state index contributed by atoms with van der Waals surface area (Å²) in [5.74, 6) is 1.65. The molecule has 0 N–H and O–H groups in total. The van der Waals surface area contributed by atoms with E-state index >= 15 is 0 Å². The Morgan fingerprint density at radius 2 is 1.32 bits per heavy atom. The van der Waals surface area contributed by atoms with E-state index in [1.165, 1.54) is 0 Å². The van der Waals surface area contributed by atoms with E-state index in [1.807, 2.05) is 54.6 Å². The Balaban J connectivity index is 2.20. The second-order valence-electron chi connectivity index (χ2n) is 3.99. The predicted molar refractivity (Wildman–Crippen MR) is 79.7 cm³/mol. The maximum absolute atomic E-state index is 6.30. The molecule has 0 amide bonds. The van der Waals surface area contributed by atoms with Gasteiger partial charge in [-0.25, -0.2) is 0 Å². The van der Waals surface area contributed by atoms with Crippen LogP contribution in [-0.2, 0) is 0 Å². The van der Waals surface area contributed by atoms with Crippen molar-refractivity contribution < 1.29 is 9.47 Å². The minimum Gasteiger partial charge on any atom is -0.497 e. The lowest BCUT2D eigenvalue weighted by Gasteiger charge is -2.03. The van der Waals surface area contributed by atoms with Gasteiger partial charge in [-0.2, -0.15) is 0 Å². The fraction of sp³-hybridized carbons (Fsp3) is 0.125. The van der Waals surface area contributed by atoms with E-state index in [1.54, 1.807) is 14.2 Å². The van der Waals surface area contributed by atoms with E-state index in [-0.39, 0.29) is 0 Å². The third kappa shape index (κ3) is 3.52. The molecular formula is C16H15ClO2. The normalized spacial score (nSPS) is 11.2. The minimum absolute atomic E-state index is 0.688. The second-order valence-corrected chi connectivity index (χ2v) is 4.40. The molecule has 0 spiro atoms. The van der Waals surface area contributed by atoms with Crippen molar-refractivity contribution in [3.8, 4) is 11.5 Å². The van der Waals surface area contributed by atoms with E-state index in [2.05, 4.69) is 0 Å². The molecule has 0 fully saturated rings. The van der Waals surface area contributed by atoms with Crippen LogP contribution >= 0.6 is 11.6 Å². The van der Waals surface area contributed by atoms with Gasteiger partial charge in [0.15, 0.2) is 0 Å². The van der Waals surface area contributed by atoms with Crippen LogP contribution in [0, 0.1) is 0 Å². The lowest BCUT2D eigenvalue weighted by Crippen LogP contribution is -1.84. The third-order valence-corrected chi connectivity index (χ3v) is 3.10. The summed E-state index contributed by atoms with van der Waals surface area (Å²) in [5, 5.41) is 0.688. The standard InChI is InChI=1S/C16H15ClO2/c1-18-14-7-3-12(4-8-14)11-16(17)13-5-9-15(19-2)10-6-13/h3-11H,1-2H3/b16-11+. The third-order valence-electron chi connectivity index (χ3n) is 2.77. The second kappa shape index (κ2) is 6.30. The van der Waals surface area contributed by atoms with Gasteiger partial charge in [-0.05, 0) is 53.6 Å². The number of rotatable bonds is 4. The highest BCUT2D eigenvalue weighted by Gasteiger charge is 2.00. The van der Waals surface area contributed by atoms with Gasteiger partial charge in [-0.3, -0.25) is 0 Å². The quantitative estimate of drug-likeness (QED) is 0.768. The van der Waals surface area contributed by atoms with Crippen LogP contribution in [0.2, 0.25) is 0 Å². The lowest BCUT2D eigenvalue weighted by atomic mass is 10.1. The summed E-state index contributed by atoms with van der Waals surface area (Å²) in [4.78, 5) is 0. The van der Waals surface area contributed by atoms with Crippen LogP contribution in [0.15, 0.2) is 48.5 Å². The van der Waals surface area contributed by atoms with Crippen LogP contribution < -0.4 is 9.47 Å². The summed E-state index contributed by atoms with van der Waals surface area (Å²) in [6.45, 7) is 0. The van der Waals surface area contributed by atoms with Crippen LogP contribution in [-0.4, -0.2) is 14.2 Å². The Hall–Kier alpha value is -1.93. The summed E-state index contributed by atoms with van der Waals surface area (Å²) >= 11 is 6.30. The lowest BCUT2D eigenvalue weighted by molar-refractivity contribution is 0.414. The minimum atomic E-state index is 0.688. The van der Waals surface area contributed by atoms with Gasteiger partial charge in [-0.15, -0.1) is 0 Å². The van der Waals surface area contributed by atoms with Crippen molar-refractivity contribution in [2.45, 2.75) is 0 Å². The zero-order valence-corrected chi connectivity index (χ0v) is 11.6. The zero-order chi connectivity index (χ0) is 13.7. The van der Waals surface area contributed by atoms with Crippen molar-refractivity contribution in [3.63, 3.8) is 0 Å². The van der Waals surface area contributed by atoms with Crippen molar-refractivity contribution in [2.75, 3.05) is 14.2 Å². The number of hydrogen-bond donors (Lipinski definition) is 0. The number of methoxy groups -OCH3 is 2. The number of hydrogen-bond acceptors (Lipinski definition) is 2. The van der Waals surface area contributed by atoms with Crippen LogP contribution in [0.1, 0.15) is 11.1 Å². The van der Waals surface area contributed by atoms with Gasteiger partial charge >= 0.3 is 0 Å². The Labute approximate surface area is 118 Å². The monoisotopic (exact) mass is 274 g/mol. The maximum atomic E-state index is 6.30. The maximum Gasteiger partial charge on any atom is 0.118 e. The molecule has 0 aliphatic heterocycles. The molecule has 0 aliphatic carbocycles. The fourth-order valence-electron chi connectivity index (χ4n) is 1.68. The summed E-state index contributed by atoms with van der Waals surface area (Å²) in [6.07, 6.45) is 1.92. The number of benzene rings is 2. The Kier molecular flexibility index (Phi) is 4.48. The Morgan fingerprint density at radius 1 is 0.842 bits per heavy atom. The molecule has 2 rings (SSSR count). The molecule has 0 atom stereocenters. The van der Waals surface area contributed by atoms with Crippen molar-refractivity contribution in [3.05, 3.63) is 59.7 Å². The molecule has 2 aromatic carbocycles. The van der Waals surface area contributed by atoms with E-state index in [9.17, 15) is 0 Å². The molecule has 0 heterocycles. The summed E-state index contributed by atoms with van der Waals surface area (Å²) < 4.78 is 10.2. The van der Waals surface area contributed by atoms with Crippen LogP contribution in [0.3, 0.4) is 0 Å². The molecule has 19 heavy (non-hydrogen) atoms. The molecule has 2 nitrogen and oxygen atoms in total. The molecule has 0 aromatic heterocycles. The van der Waals surface area contributed by atoms with Gasteiger partial charge in [0.05, 0.1) is 14.2 Å². The summed E-state index contributed by atoms with van der Waals surface area (Å²) in [7, 11) is 3.29. The van der Waals surface area contributed by atoms with Gasteiger partial charge in [0.2, 0.25) is 0 Å². The fourth-order valence-corrected chi connectivity index (χ4v) is 1.93. The number of halogens is 1. The molecule has 0 radical (unpaired) electrons. The van der Waals surface area contributed by atoms with Crippen molar-refractivity contribution in [1.29, 1.82) is 0 Å². The molecule has 0 aliphatic rings. The van der Waals surface area contributed by atoms with Crippen molar-refractivity contribution in [1.82, 2.24) is 0 Å². The van der Waals surface area contributed by atoms with Crippen molar-refractivity contribution >= 4 is 22.7 Å². The first-order valence-corrected chi connectivity index (χ1v) is 6.26. The average Bonchev–Trinajstić information content (AvgIpc) is 2.48. The first-order valence-electron chi connectivity index (χ1n) is 5.88. The Morgan fingerprint density at radius 3 is 1.79 bits per heavy atom. The zero-order valence-electron chi connectivity index (χ0n) is 10.9. The average molecular weight is 275 g/mol. The van der Waals surface area contributed by atoms with Crippen LogP contribution in [0.4, 0.5) is 0 Å². The van der Waals surface area contributed by atoms with Gasteiger partial charge in [0, 0.05) is 5.03 Å². The highest BCUT2D eigenvalue weighted by molar-refractivity contribution is 6.51. The van der Waals surface area contributed by atoms with Crippen molar-refractivity contribution in [2.24, 2.45) is 0 Å². The predicted octanol–water partition coefficient (Wildman–Crippen LogP) is 4.44. The molecule has 0 bridgehead atoms. The molecule has 0 saturated carbocycles. The van der Waals surface area contributed by atoms with E-state index in [0.29, 0.717) is 5.03 Å². The van der Waals surface area contributed by atoms with Gasteiger partial charge in [0.1, 0.15) is 11.5 Å². The number of ether oxygens (including phenoxy) is 2. The van der Waals surface area contributed by atoms with Crippen LogP contribution in [0.25, 0.3) is 11.1 Å². The molecule has 0 saturated heterocycles. The largest absolute Gasteiger partial charge is 0.497 e. The molecule has 0 unspecified atom stereocenters. The highest BCUT2D eigenvalue weighted by Crippen LogP contribution is 2.24. The Bertz CT molecular complexity index is 556. The molecule has 3 heteroatoms. The van der Waals surface area contributed by atoms with E-state index in [0.717, 1.165) is 22.6 Å². The molecule has 98 valence electrons. The summed E-state index contributed by atoms with van der Waals surface area (Å²) in [6, 6.07) is 15.4. The SMILES string of the molecule is COc1ccc(/C=C(/Cl)c2ccc(OC)cc2)cc1. The van der Waals surface area contributed by atoms with E-state index in [4.69, 9.17) is 21.1 Å². The highest BCUT2D eigenvalue weighted by atomic mass is 35.5. The molecule has 2 aromatic rings.